The Bertz CT molecular complexity index is 694. The molecule has 0 aliphatic rings. The van der Waals surface area contributed by atoms with Gasteiger partial charge < -0.3 is 5.11 Å². The number of carbonyl (C=O) groups is 2. The van der Waals surface area contributed by atoms with E-state index in [0.717, 1.165) is 17.5 Å². The first-order valence-corrected chi connectivity index (χ1v) is 7.05. The normalized spacial score (nSPS) is 10.7. The van der Waals surface area contributed by atoms with Gasteiger partial charge in [-0.15, -0.1) is 10.2 Å². The summed E-state index contributed by atoms with van der Waals surface area (Å²) in [7, 11) is 0. The number of nitrogens with zero attached hydrogens (tertiary/aromatic N) is 2. The predicted octanol–water partition coefficient (Wildman–Crippen LogP) is 2.45. The molecule has 1 aromatic carbocycles. The van der Waals surface area contributed by atoms with E-state index in [4.69, 9.17) is 5.11 Å². The van der Waals surface area contributed by atoms with Gasteiger partial charge in [-0.25, -0.2) is 4.79 Å². The first-order valence-electron chi connectivity index (χ1n) is 6.23. The van der Waals surface area contributed by atoms with Crippen LogP contribution in [0.5, 0.6) is 0 Å². The lowest BCUT2D eigenvalue weighted by atomic mass is 10.1. The first-order chi connectivity index (χ1) is 10.1. The number of carboxylic acid groups (broad SMARTS) is 1. The molecule has 108 valence electrons. The first kappa shape index (κ1) is 14.9. The number of aromatic nitrogens is 2. The van der Waals surface area contributed by atoms with Crippen LogP contribution in [0.4, 0.5) is 5.13 Å². The highest BCUT2D eigenvalue weighted by molar-refractivity contribution is 7.15. The van der Waals surface area contributed by atoms with E-state index in [1.807, 2.05) is 6.92 Å². The number of nitrogens with one attached hydrogen (secondary N) is 1. The van der Waals surface area contributed by atoms with E-state index in [0.29, 0.717) is 16.3 Å². The Morgan fingerprint density at radius 3 is 2.86 bits per heavy atom. The van der Waals surface area contributed by atoms with Gasteiger partial charge in [0.25, 0.3) is 5.91 Å². The number of amides is 1. The summed E-state index contributed by atoms with van der Waals surface area (Å²) in [6, 6.07) is 6.66. The average Bonchev–Trinajstić information content (AvgIpc) is 2.93. The fourth-order valence-electron chi connectivity index (χ4n) is 1.57. The highest BCUT2D eigenvalue weighted by Gasteiger charge is 2.09. The Balaban J connectivity index is 2.11. The van der Waals surface area contributed by atoms with Crippen molar-refractivity contribution in [2.24, 2.45) is 0 Å². The second-order valence-corrected chi connectivity index (χ2v) is 5.17. The van der Waals surface area contributed by atoms with Crippen molar-refractivity contribution in [3.8, 4) is 0 Å². The summed E-state index contributed by atoms with van der Waals surface area (Å²) in [4.78, 5) is 22.6. The molecule has 1 aromatic heterocycles. The Morgan fingerprint density at radius 1 is 1.38 bits per heavy atom. The van der Waals surface area contributed by atoms with Gasteiger partial charge in [0.1, 0.15) is 5.01 Å². The number of hydrogen-bond donors (Lipinski definition) is 2. The molecule has 1 heterocycles. The number of hydrogen-bond acceptors (Lipinski definition) is 5. The van der Waals surface area contributed by atoms with Crippen molar-refractivity contribution in [1.29, 1.82) is 0 Å². The fourth-order valence-corrected chi connectivity index (χ4v) is 2.24. The van der Waals surface area contributed by atoms with E-state index in [2.05, 4.69) is 15.5 Å². The number of anilines is 1. The van der Waals surface area contributed by atoms with Crippen LogP contribution in [0.15, 0.2) is 30.3 Å². The maximum Gasteiger partial charge on any atom is 0.328 e. The van der Waals surface area contributed by atoms with Gasteiger partial charge >= 0.3 is 5.97 Å². The van der Waals surface area contributed by atoms with Gasteiger partial charge in [0, 0.05) is 11.6 Å². The third-order valence-electron chi connectivity index (χ3n) is 2.56. The molecule has 1 amide bonds. The molecule has 0 bridgehead atoms. The summed E-state index contributed by atoms with van der Waals surface area (Å²) in [5.74, 6) is -1.34. The van der Waals surface area contributed by atoms with Crippen molar-refractivity contribution in [2.75, 3.05) is 5.32 Å². The van der Waals surface area contributed by atoms with E-state index in [1.165, 1.54) is 17.4 Å². The molecule has 0 unspecified atom stereocenters. The molecule has 6 nitrogen and oxygen atoms in total. The zero-order valence-corrected chi connectivity index (χ0v) is 12.1. The van der Waals surface area contributed by atoms with Gasteiger partial charge in [-0.2, -0.15) is 0 Å². The quantitative estimate of drug-likeness (QED) is 0.828. The molecule has 0 aliphatic heterocycles. The van der Waals surface area contributed by atoms with E-state index >= 15 is 0 Å². The van der Waals surface area contributed by atoms with Crippen LogP contribution in [0, 0.1) is 0 Å². The minimum Gasteiger partial charge on any atom is -0.478 e. The predicted molar refractivity (Wildman–Crippen MR) is 80.4 cm³/mol. The molecule has 0 radical (unpaired) electrons. The SMILES string of the molecule is CCc1nnc(NC(=O)c2cccc(/C=C/C(=O)O)c2)s1. The molecule has 21 heavy (non-hydrogen) atoms. The molecule has 7 heteroatoms. The van der Waals surface area contributed by atoms with Crippen LogP contribution >= 0.6 is 11.3 Å². The third kappa shape index (κ3) is 4.22. The third-order valence-corrected chi connectivity index (χ3v) is 3.54. The Hall–Kier alpha value is -2.54. The summed E-state index contributed by atoms with van der Waals surface area (Å²) in [6.45, 7) is 1.96. The smallest absolute Gasteiger partial charge is 0.328 e. The van der Waals surface area contributed by atoms with Crippen LogP contribution in [0.25, 0.3) is 6.08 Å². The second kappa shape index (κ2) is 6.76. The van der Waals surface area contributed by atoms with Crippen molar-refractivity contribution >= 4 is 34.4 Å². The van der Waals surface area contributed by atoms with Gasteiger partial charge in [-0.1, -0.05) is 30.4 Å². The van der Waals surface area contributed by atoms with Crippen LogP contribution in [-0.4, -0.2) is 27.2 Å². The molecule has 2 rings (SSSR count). The van der Waals surface area contributed by atoms with Crippen LogP contribution in [-0.2, 0) is 11.2 Å². The van der Waals surface area contributed by atoms with Gasteiger partial charge in [-0.3, -0.25) is 10.1 Å². The Labute approximate surface area is 125 Å². The Kier molecular flexibility index (Phi) is 4.78. The van der Waals surface area contributed by atoms with Crippen molar-refractivity contribution in [1.82, 2.24) is 10.2 Å². The molecule has 0 fully saturated rings. The maximum absolute atomic E-state index is 12.1. The average molecular weight is 303 g/mol. The highest BCUT2D eigenvalue weighted by atomic mass is 32.1. The molecule has 2 aromatic rings. The summed E-state index contributed by atoms with van der Waals surface area (Å²) in [6.07, 6.45) is 3.22. The standard InChI is InChI=1S/C14H13N3O3S/c1-2-11-16-17-14(21-11)15-13(20)10-5-3-4-9(8-10)6-7-12(18)19/h3-8H,2H2,1H3,(H,18,19)(H,15,17,20)/b7-6+. The van der Waals surface area contributed by atoms with Gasteiger partial charge in [-0.05, 0) is 30.2 Å². The lowest BCUT2D eigenvalue weighted by Gasteiger charge is -2.02. The summed E-state index contributed by atoms with van der Waals surface area (Å²) < 4.78 is 0. The molecule has 0 saturated carbocycles. The molecule has 0 spiro atoms. The minimum atomic E-state index is -1.04. The number of aliphatic carboxylic acids is 1. The van der Waals surface area contributed by atoms with Crippen molar-refractivity contribution in [3.63, 3.8) is 0 Å². The van der Waals surface area contributed by atoms with Crippen molar-refractivity contribution in [3.05, 3.63) is 46.5 Å². The second-order valence-electron chi connectivity index (χ2n) is 4.11. The molecule has 0 aliphatic carbocycles. The molecule has 0 atom stereocenters. The molecular weight excluding hydrogens is 290 g/mol. The summed E-state index contributed by atoms with van der Waals surface area (Å²) in [5, 5.41) is 20.4. The number of benzene rings is 1. The lowest BCUT2D eigenvalue weighted by molar-refractivity contribution is -0.131. The largest absolute Gasteiger partial charge is 0.478 e. The number of carbonyl (C=O) groups excluding carboxylic acids is 1. The van der Waals surface area contributed by atoms with E-state index in [-0.39, 0.29) is 5.91 Å². The van der Waals surface area contributed by atoms with Crippen LogP contribution in [0.1, 0.15) is 27.9 Å². The lowest BCUT2D eigenvalue weighted by Crippen LogP contribution is -2.11. The zero-order valence-electron chi connectivity index (χ0n) is 11.2. The summed E-state index contributed by atoms with van der Waals surface area (Å²) in [5.41, 5.74) is 1.06. The van der Waals surface area contributed by atoms with E-state index < -0.39 is 5.97 Å². The highest BCUT2D eigenvalue weighted by Crippen LogP contribution is 2.17. The molecule has 0 saturated heterocycles. The molecule has 2 N–H and O–H groups in total. The van der Waals surface area contributed by atoms with Crippen LogP contribution in [0.2, 0.25) is 0 Å². The maximum atomic E-state index is 12.1. The van der Waals surface area contributed by atoms with Gasteiger partial charge in [0.05, 0.1) is 0 Å². The van der Waals surface area contributed by atoms with Gasteiger partial charge in [0.15, 0.2) is 0 Å². The molecular formula is C14H13N3O3S. The Morgan fingerprint density at radius 2 is 2.19 bits per heavy atom. The van der Waals surface area contributed by atoms with Gasteiger partial charge in [0.2, 0.25) is 5.13 Å². The van der Waals surface area contributed by atoms with Crippen molar-refractivity contribution < 1.29 is 14.7 Å². The number of carboxylic acids is 1. The number of rotatable bonds is 5. The van der Waals surface area contributed by atoms with E-state index in [1.54, 1.807) is 24.3 Å². The minimum absolute atomic E-state index is 0.306. The van der Waals surface area contributed by atoms with E-state index in [9.17, 15) is 9.59 Å². The summed E-state index contributed by atoms with van der Waals surface area (Å²) >= 11 is 1.33. The van der Waals surface area contributed by atoms with Crippen LogP contribution in [0.3, 0.4) is 0 Å². The van der Waals surface area contributed by atoms with Crippen LogP contribution < -0.4 is 5.32 Å². The number of aryl methyl sites for hydroxylation is 1. The fraction of sp³-hybridized carbons (Fsp3) is 0.143. The topological polar surface area (TPSA) is 92.2 Å². The van der Waals surface area contributed by atoms with Crippen molar-refractivity contribution in [2.45, 2.75) is 13.3 Å². The zero-order chi connectivity index (χ0) is 15.2. The monoisotopic (exact) mass is 303 g/mol.